The van der Waals surface area contributed by atoms with E-state index in [4.69, 9.17) is 16.7 Å². The summed E-state index contributed by atoms with van der Waals surface area (Å²) < 4.78 is 0. The van der Waals surface area contributed by atoms with Crippen molar-refractivity contribution in [3.05, 3.63) is 58.7 Å². The summed E-state index contributed by atoms with van der Waals surface area (Å²) in [6, 6.07) is 10.4. The minimum absolute atomic E-state index is 0.201. The average molecular weight is 263 g/mol. The Hall–Kier alpha value is -2.07. The van der Waals surface area contributed by atoms with Gasteiger partial charge in [-0.05, 0) is 23.8 Å². The van der Waals surface area contributed by atoms with Crippen molar-refractivity contribution in [3.8, 4) is 0 Å². The predicted octanol–water partition coefficient (Wildman–Crippen LogP) is 3.05. The van der Waals surface area contributed by atoms with Crippen LogP contribution in [0.1, 0.15) is 15.9 Å². The van der Waals surface area contributed by atoms with Crippen LogP contribution < -0.4 is 5.32 Å². The molecule has 0 bridgehead atoms. The third kappa shape index (κ3) is 2.99. The number of anilines is 1. The van der Waals surface area contributed by atoms with E-state index in [-0.39, 0.29) is 5.56 Å². The van der Waals surface area contributed by atoms with E-state index < -0.39 is 5.97 Å². The molecule has 1 heterocycles. The molecule has 0 amide bonds. The predicted molar refractivity (Wildman–Crippen MR) is 70.0 cm³/mol. The minimum Gasteiger partial charge on any atom is -0.478 e. The standard InChI is InChI=1S/C13H11ClN2O2/c14-11-4-2-1-3-10(11)8-16-12-7-9(13(17)18)5-6-15-12/h1-7H,8H2,(H,15,16)(H,17,18). The monoisotopic (exact) mass is 262 g/mol. The first-order valence-corrected chi connectivity index (χ1v) is 5.71. The van der Waals surface area contributed by atoms with Crippen LogP contribution in [-0.4, -0.2) is 16.1 Å². The van der Waals surface area contributed by atoms with E-state index >= 15 is 0 Å². The molecule has 1 aromatic carbocycles. The average Bonchev–Trinajstić information content (AvgIpc) is 2.38. The molecule has 0 radical (unpaired) electrons. The molecule has 5 heteroatoms. The Labute approximate surface area is 109 Å². The Kier molecular flexibility index (Phi) is 3.79. The number of rotatable bonds is 4. The van der Waals surface area contributed by atoms with E-state index in [9.17, 15) is 4.79 Å². The fourth-order valence-electron chi connectivity index (χ4n) is 1.49. The summed E-state index contributed by atoms with van der Waals surface area (Å²) in [4.78, 5) is 14.9. The fraction of sp³-hybridized carbons (Fsp3) is 0.0769. The van der Waals surface area contributed by atoms with Crippen LogP contribution in [0, 0.1) is 0 Å². The molecule has 0 aliphatic carbocycles. The fourth-order valence-corrected chi connectivity index (χ4v) is 1.69. The van der Waals surface area contributed by atoms with Gasteiger partial charge in [-0.25, -0.2) is 9.78 Å². The van der Waals surface area contributed by atoms with Crippen LogP contribution in [0.2, 0.25) is 5.02 Å². The van der Waals surface area contributed by atoms with Gasteiger partial charge in [-0.15, -0.1) is 0 Å². The summed E-state index contributed by atoms with van der Waals surface area (Å²) in [5.74, 6) is -0.465. The van der Waals surface area contributed by atoms with Crippen LogP contribution in [0.25, 0.3) is 0 Å². The Morgan fingerprint density at radius 1 is 1.33 bits per heavy atom. The van der Waals surface area contributed by atoms with Crippen LogP contribution in [-0.2, 0) is 6.54 Å². The summed E-state index contributed by atoms with van der Waals surface area (Å²) in [6.07, 6.45) is 1.46. The molecular weight excluding hydrogens is 252 g/mol. The molecule has 0 atom stereocenters. The highest BCUT2D eigenvalue weighted by molar-refractivity contribution is 6.31. The molecule has 18 heavy (non-hydrogen) atoms. The highest BCUT2D eigenvalue weighted by Crippen LogP contribution is 2.16. The number of hydrogen-bond donors (Lipinski definition) is 2. The number of carboxylic acids is 1. The lowest BCUT2D eigenvalue weighted by atomic mass is 10.2. The first-order chi connectivity index (χ1) is 8.66. The number of nitrogens with one attached hydrogen (secondary N) is 1. The maximum Gasteiger partial charge on any atom is 0.335 e. The molecule has 0 aliphatic heterocycles. The summed E-state index contributed by atoms with van der Waals surface area (Å²) in [5, 5.41) is 12.6. The summed E-state index contributed by atoms with van der Waals surface area (Å²) in [5.41, 5.74) is 1.13. The Morgan fingerprint density at radius 2 is 2.11 bits per heavy atom. The number of benzene rings is 1. The van der Waals surface area contributed by atoms with E-state index in [0.717, 1.165) is 5.56 Å². The highest BCUT2D eigenvalue weighted by atomic mass is 35.5. The van der Waals surface area contributed by atoms with Crippen LogP contribution in [0.5, 0.6) is 0 Å². The summed E-state index contributed by atoms with van der Waals surface area (Å²) in [6.45, 7) is 0.496. The van der Waals surface area contributed by atoms with Gasteiger partial charge < -0.3 is 10.4 Å². The molecule has 4 nitrogen and oxygen atoms in total. The van der Waals surface area contributed by atoms with Gasteiger partial charge in [0.05, 0.1) is 5.56 Å². The van der Waals surface area contributed by atoms with E-state index in [1.807, 2.05) is 18.2 Å². The van der Waals surface area contributed by atoms with Crippen molar-refractivity contribution in [2.24, 2.45) is 0 Å². The second-order valence-electron chi connectivity index (χ2n) is 3.68. The third-order valence-electron chi connectivity index (χ3n) is 2.42. The smallest absolute Gasteiger partial charge is 0.335 e. The molecular formula is C13H11ClN2O2. The Balaban J connectivity index is 2.09. The molecule has 92 valence electrons. The third-order valence-corrected chi connectivity index (χ3v) is 2.79. The van der Waals surface area contributed by atoms with Crippen molar-refractivity contribution >= 4 is 23.4 Å². The quantitative estimate of drug-likeness (QED) is 0.889. The summed E-state index contributed by atoms with van der Waals surface area (Å²) in [7, 11) is 0. The number of hydrogen-bond acceptors (Lipinski definition) is 3. The highest BCUT2D eigenvalue weighted by Gasteiger charge is 2.04. The lowest BCUT2D eigenvalue weighted by molar-refractivity contribution is 0.0697. The molecule has 0 saturated heterocycles. The molecule has 0 fully saturated rings. The first kappa shape index (κ1) is 12.4. The van der Waals surface area contributed by atoms with Gasteiger partial charge in [0, 0.05) is 17.8 Å². The summed E-state index contributed by atoms with van der Waals surface area (Å²) >= 11 is 6.02. The van der Waals surface area contributed by atoms with Crippen molar-refractivity contribution in [2.45, 2.75) is 6.54 Å². The SMILES string of the molecule is O=C(O)c1ccnc(NCc2ccccc2Cl)c1. The van der Waals surface area contributed by atoms with Gasteiger partial charge >= 0.3 is 5.97 Å². The number of pyridine rings is 1. The number of carboxylic acid groups (broad SMARTS) is 1. The van der Waals surface area contributed by atoms with Crippen molar-refractivity contribution < 1.29 is 9.90 Å². The van der Waals surface area contributed by atoms with Crippen molar-refractivity contribution in [2.75, 3.05) is 5.32 Å². The van der Waals surface area contributed by atoms with Crippen LogP contribution in [0.3, 0.4) is 0 Å². The Morgan fingerprint density at radius 3 is 2.83 bits per heavy atom. The van der Waals surface area contributed by atoms with Crippen molar-refractivity contribution in [3.63, 3.8) is 0 Å². The van der Waals surface area contributed by atoms with E-state index in [1.54, 1.807) is 6.07 Å². The molecule has 1 aromatic heterocycles. The molecule has 2 rings (SSSR count). The van der Waals surface area contributed by atoms with Crippen molar-refractivity contribution in [1.29, 1.82) is 0 Å². The number of nitrogens with zero attached hydrogens (tertiary/aromatic N) is 1. The number of aromatic carboxylic acids is 1. The number of carbonyl (C=O) groups is 1. The van der Waals surface area contributed by atoms with E-state index in [0.29, 0.717) is 17.4 Å². The van der Waals surface area contributed by atoms with Gasteiger partial charge in [0.2, 0.25) is 0 Å². The van der Waals surface area contributed by atoms with E-state index in [1.165, 1.54) is 18.3 Å². The zero-order valence-corrected chi connectivity index (χ0v) is 10.2. The first-order valence-electron chi connectivity index (χ1n) is 5.33. The zero-order chi connectivity index (χ0) is 13.0. The molecule has 0 unspecified atom stereocenters. The minimum atomic E-state index is -0.974. The zero-order valence-electron chi connectivity index (χ0n) is 9.43. The van der Waals surface area contributed by atoms with Gasteiger partial charge in [-0.1, -0.05) is 29.8 Å². The van der Waals surface area contributed by atoms with Crippen LogP contribution in [0.15, 0.2) is 42.6 Å². The van der Waals surface area contributed by atoms with Gasteiger partial charge in [0.1, 0.15) is 5.82 Å². The number of halogens is 1. The van der Waals surface area contributed by atoms with Gasteiger partial charge in [-0.3, -0.25) is 0 Å². The lowest BCUT2D eigenvalue weighted by Gasteiger charge is -2.07. The van der Waals surface area contributed by atoms with Crippen LogP contribution in [0.4, 0.5) is 5.82 Å². The normalized spacial score (nSPS) is 10.1. The molecule has 0 saturated carbocycles. The van der Waals surface area contributed by atoms with Crippen molar-refractivity contribution in [1.82, 2.24) is 4.98 Å². The molecule has 0 spiro atoms. The van der Waals surface area contributed by atoms with Crippen LogP contribution >= 0.6 is 11.6 Å². The second-order valence-corrected chi connectivity index (χ2v) is 4.09. The van der Waals surface area contributed by atoms with Gasteiger partial charge in [-0.2, -0.15) is 0 Å². The molecule has 2 aromatic rings. The molecule has 2 N–H and O–H groups in total. The maximum atomic E-state index is 10.8. The van der Waals surface area contributed by atoms with Gasteiger partial charge in [0.15, 0.2) is 0 Å². The maximum absolute atomic E-state index is 10.8. The van der Waals surface area contributed by atoms with Gasteiger partial charge in [0.25, 0.3) is 0 Å². The number of aromatic nitrogens is 1. The van der Waals surface area contributed by atoms with E-state index in [2.05, 4.69) is 10.3 Å². The topological polar surface area (TPSA) is 62.2 Å². The lowest BCUT2D eigenvalue weighted by Crippen LogP contribution is -2.04. The molecule has 0 aliphatic rings. The second kappa shape index (κ2) is 5.51. The Bertz CT molecular complexity index is 572. The largest absolute Gasteiger partial charge is 0.478 e.